The van der Waals surface area contributed by atoms with E-state index in [0.717, 1.165) is 36.7 Å². The number of anilines is 1. The number of nitrogens with zero attached hydrogens (tertiary/aromatic N) is 2. The molecule has 1 aromatic heterocycles. The molecule has 1 heterocycles. The van der Waals surface area contributed by atoms with Crippen molar-refractivity contribution in [2.45, 2.75) is 18.5 Å². The molecule has 14 heteroatoms. The van der Waals surface area contributed by atoms with Gasteiger partial charge in [0.2, 0.25) is 0 Å². The smallest absolute Gasteiger partial charge is 0.449 e. The molecule has 2 aromatic carbocycles. The van der Waals surface area contributed by atoms with Crippen molar-refractivity contribution < 1.29 is 40.3 Å². The first-order valence-electron chi connectivity index (χ1n) is 9.41. The van der Waals surface area contributed by atoms with Crippen LogP contribution in [-0.2, 0) is 15.7 Å². The molecule has 186 valence electrons. The van der Waals surface area contributed by atoms with Crippen LogP contribution < -0.4 is 5.32 Å². The minimum atomic E-state index is -5.30. The molecule has 0 spiro atoms. The van der Waals surface area contributed by atoms with Crippen molar-refractivity contribution in [3.63, 3.8) is 0 Å². The van der Waals surface area contributed by atoms with Crippen LogP contribution in [-0.4, -0.2) is 28.7 Å². The van der Waals surface area contributed by atoms with E-state index in [-0.39, 0.29) is 27.7 Å². The number of esters is 1. The third-order valence-corrected chi connectivity index (χ3v) is 5.12. The van der Waals surface area contributed by atoms with Gasteiger partial charge in [-0.25, -0.2) is 19.2 Å². The molecule has 0 aliphatic rings. The van der Waals surface area contributed by atoms with E-state index in [1.165, 1.54) is 12.1 Å². The lowest BCUT2D eigenvalue weighted by molar-refractivity contribution is -0.204. The van der Waals surface area contributed by atoms with Gasteiger partial charge in [0.05, 0.1) is 27.8 Å². The maximum absolute atomic E-state index is 13.8. The quantitative estimate of drug-likeness (QED) is 0.272. The predicted octanol–water partition coefficient (Wildman–Crippen LogP) is 6.87. The summed E-state index contributed by atoms with van der Waals surface area (Å²) >= 11 is 11.3. The van der Waals surface area contributed by atoms with Crippen LogP contribution in [0.5, 0.6) is 0 Å². The maximum Gasteiger partial charge on any atom is 0.490 e. The zero-order chi connectivity index (χ0) is 26.0. The van der Waals surface area contributed by atoms with Crippen LogP contribution in [0.25, 0.3) is 11.3 Å². The van der Waals surface area contributed by atoms with Crippen LogP contribution in [0.1, 0.15) is 17.2 Å². The van der Waals surface area contributed by atoms with Gasteiger partial charge in [0, 0.05) is 11.6 Å². The Morgan fingerprint density at radius 2 is 1.69 bits per heavy atom. The van der Waals surface area contributed by atoms with E-state index < -0.39 is 47.4 Å². The molecule has 0 aliphatic heterocycles. The van der Waals surface area contributed by atoms with E-state index in [0.29, 0.717) is 0 Å². The number of benzene rings is 2. The summed E-state index contributed by atoms with van der Waals surface area (Å²) in [5, 5.41) is 1.77. The van der Waals surface area contributed by atoms with Crippen LogP contribution in [0.3, 0.4) is 0 Å². The topological polar surface area (TPSA) is 64.1 Å². The molecule has 3 aromatic rings. The maximum atomic E-state index is 13.8. The van der Waals surface area contributed by atoms with E-state index >= 15 is 0 Å². The summed E-state index contributed by atoms with van der Waals surface area (Å²) in [4.78, 5) is 19.2. The van der Waals surface area contributed by atoms with Crippen LogP contribution in [0.4, 0.5) is 36.6 Å². The Morgan fingerprint density at radius 1 is 0.971 bits per heavy atom. The number of alkyl halides is 6. The normalized spacial score (nSPS) is 12.8. The summed E-state index contributed by atoms with van der Waals surface area (Å²) in [6.45, 7) is -0.479. The molecule has 0 aliphatic carbocycles. The Hall–Kier alpha value is -3.12. The standard InChI is InChI=1S/C21H12Cl2F7N3O2/c22-13-4-2-11(6-15(13)24)17(35-19(34)21(28,29)30)8-31-18-7-16(32-9-33-18)10-1-3-12(14(23)5-10)20(25,26)27/h1-7,9,17H,8H2,(H,31,32,33). The summed E-state index contributed by atoms with van der Waals surface area (Å²) in [5.41, 5.74) is -0.826. The van der Waals surface area contributed by atoms with Gasteiger partial charge in [-0.05, 0) is 29.8 Å². The first-order chi connectivity index (χ1) is 16.3. The third-order valence-electron chi connectivity index (χ3n) is 4.50. The average Bonchev–Trinajstić information content (AvgIpc) is 2.77. The van der Waals surface area contributed by atoms with Crippen molar-refractivity contribution in [1.82, 2.24) is 9.97 Å². The fourth-order valence-corrected chi connectivity index (χ4v) is 3.25. The van der Waals surface area contributed by atoms with Gasteiger partial charge in [-0.3, -0.25) is 0 Å². The zero-order valence-electron chi connectivity index (χ0n) is 17.0. The van der Waals surface area contributed by atoms with Crippen LogP contribution >= 0.6 is 23.2 Å². The van der Waals surface area contributed by atoms with Crippen LogP contribution in [0.2, 0.25) is 10.0 Å². The average molecular weight is 542 g/mol. The number of aromatic nitrogens is 2. The summed E-state index contributed by atoms with van der Waals surface area (Å²) < 4.78 is 95.2. The first kappa shape index (κ1) is 26.5. The molecule has 1 N–H and O–H groups in total. The highest BCUT2D eigenvalue weighted by Gasteiger charge is 2.42. The second kappa shape index (κ2) is 10.2. The number of carbonyl (C=O) groups excluding carboxylic acids is 1. The minimum absolute atomic E-state index is 0.0218. The molecule has 0 saturated carbocycles. The van der Waals surface area contributed by atoms with Gasteiger partial charge in [0.25, 0.3) is 0 Å². The van der Waals surface area contributed by atoms with Crippen molar-refractivity contribution in [2.24, 2.45) is 0 Å². The molecule has 1 atom stereocenters. The SMILES string of the molecule is O=C(OC(CNc1cc(-c2ccc(C(F)(F)F)c(Cl)c2)ncn1)c1ccc(Cl)c(F)c1)C(F)(F)F. The second-order valence-electron chi connectivity index (χ2n) is 6.93. The van der Waals surface area contributed by atoms with Crippen LogP contribution in [0, 0.1) is 5.82 Å². The number of hydrogen-bond acceptors (Lipinski definition) is 5. The van der Waals surface area contributed by atoms with Crippen molar-refractivity contribution >= 4 is 35.0 Å². The Bertz CT molecular complexity index is 1240. The van der Waals surface area contributed by atoms with Crippen molar-refractivity contribution in [1.29, 1.82) is 0 Å². The summed E-state index contributed by atoms with van der Waals surface area (Å²) in [5.74, 6) is -3.42. The Morgan fingerprint density at radius 3 is 2.29 bits per heavy atom. The van der Waals surface area contributed by atoms with E-state index in [1.54, 1.807) is 0 Å². The minimum Gasteiger partial charge on any atom is -0.449 e. The van der Waals surface area contributed by atoms with Crippen molar-refractivity contribution in [2.75, 3.05) is 11.9 Å². The highest BCUT2D eigenvalue weighted by atomic mass is 35.5. The molecular weight excluding hydrogens is 530 g/mol. The lowest BCUT2D eigenvalue weighted by atomic mass is 10.1. The highest BCUT2D eigenvalue weighted by molar-refractivity contribution is 6.31. The summed E-state index contributed by atoms with van der Waals surface area (Å²) in [7, 11) is 0. The monoisotopic (exact) mass is 541 g/mol. The van der Waals surface area contributed by atoms with Crippen molar-refractivity contribution in [3.05, 3.63) is 75.8 Å². The van der Waals surface area contributed by atoms with Crippen LogP contribution in [0.15, 0.2) is 48.8 Å². The molecular formula is C21H12Cl2F7N3O2. The molecule has 0 bridgehead atoms. The van der Waals surface area contributed by atoms with Gasteiger partial charge < -0.3 is 10.1 Å². The van der Waals surface area contributed by atoms with E-state index in [9.17, 15) is 35.5 Å². The molecule has 5 nitrogen and oxygen atoms in total. The fraction of sp³-hybridized carbons (Fsp3) is 0.190. The predicted molar refractivity (Wildman–Crippen MR) is 112 cm³/mol. The zero-order valence-corrected chi connectivity index (χ0v) is 18.5. The summed E-state index contributed by atoms with van der Waals surface area (Å²) in [6, 6.07) is 7.30. The Labute approximate surface area is 202 Å². The molecule has 0 amide bonds. The molecule has 0 saturated heterocycles. The lowest BCUT2D eigenvalue weighted by Crippen LogP contribution is -2.29. The van der Waals surface area contributed by atoms with E-state index in [4.69, 9.17) is 23.2 Å². The Kier molecular flexibility index (Phi) is 7.75. The van der Waals surface area contributed by atoms with Gasteiger partial charge in [0.1, 0.15) is 24.1 Å². The van der Waals surface area contributed by atoms with Gasteiger partial charge in [-0.1, -0.05) is 35.3 Å². The fourth-order valence-electron chi connectivity index (χ4n) is 2.85. The van der Waals surface area contributed by atoms with E-state index in [1.807, 2.05) is 0 Å². The summed E-state index contributed by atoms with van der Waals surface area (Å²) in [6.07, 6.45) is -10.5. The molecule has 0 radical (unpaired) electrons. The number of rotatable bonds is 6. The van der Waals surface area contributed by atoms with Gasteiger partial charge in [-0.2, -0.15) is 26.3 Å². The van der Waals surface area contributed by atoms with E-state index in [2.05, 4.69) is 20.0 Å². The first-order valence-corrected chi connectivity index (χ1v) is 10.2. The number of carbonyl (C=O) groups is 1. The van der Waals surface area contributed by atoms with Crippen molar-refractivity contribution in [3.8, 4) is 11.3 Å². The number of hydrogen-bond donors (Lipinski definition) is 1. The number of halogens is 9. The van der Waals surface area contributed by atoms with Gasteiger partial charge in [0.15, 0.2) is 0 Å². The molecule has 35 heavy (non-hydrogen) atoms. The Balaban J connectivity index is 1.84. The molecule has 3 rings (SSSR count). The van der Waals surface area contributed by atoms with Gasteiger partial charge >= 0.3 is 18.3 Å². The highest BCUT2D eigenvalue weighted by Crippen LogP contribution is 2.36. The molecule has 1 unspecified atom stereocenters. The third kappa shape index (κ3) is 6.73. The van der Waals surface area contributed by atoms with Gasteiger partial charge in [-0.15, -0.1) is 0 Å². The molecule has 0 fully saturated rings. The number of ether oxygens (including phenoxy) is 1. The lowest BCUT2D eigenvalue weighted by Gasteiger charge is -2.20. The largest absolute Gasteiger partial charge is 0.490 e. The second-order valence-corrected chi connectivity index (χ2v) is 7.74. The number of nitrogens with one attached hydrogen (secondary N) is 1.